The Kier molecular flexibility index (Phi) is 7.17. The topological polar surface area (TPSA) is 68.0 Å². The highest BCUT2D eigenvalue weighted by Crippen LogP contribution is 2.26. The number of hydrogen-bond acceptors (Lipinski definition) is 3. The number of aromatic nitrogens is 4. The molecule has 7 heteroatoms. The molecule has 1 N–H and O–H groups in total. The van der Waals surface area contributed by atoms with Gasteiger partial charge in [-0.3, -0.25) is 9.13 Å². The van der Waals surface area contributed by atoms with Crippen LogP contribution < -0.4 is 5.69 Å². The van der Waals surface area contributed by atoms with Crippen molar-refractivity contribution in [2.75, 3.05) is 0 Å². The van der Waals surface area contributed by atoms with E-state index in [2.05, 4.69) is 36.0 Å². The second-order valence-corrected chi connectivity index (χ2v) is 8.91. The molecule has 0 spiro atoms. The van der Waals surface area contributed by atoms with Crippen molar-refractivity contribution in [2.45, 2.75) is 53.6 Å². The number of fused-ring (bicyclic) bond motifs is 1. The van der Waals surface area contributed by atoms with Gasteiger partial charge in [0.2, 0.25) is 0 Å². The van der Waals surface area contributed by atoms with E-state index in [0.29, 0.717) is 18.1 Å². The summed E-state index contributed by atoms with van der Waals surface area (Å²) in [7, 11) is 0. The summed E-state index contributed by atoms with van der Waals surface area (Å²) < 4.78 is 3.62. The number of halogens is 1. The van der Waals surface area contributed by atoms with Gasteiger partial charge in [-0.15, -0.1) is 0 Å². The maximum Gasteiger partial charge on any atom is 0.330 e. The molecule has 0 aliphatic rings. The van der Waals surface area contributed by atoms with Gasteiger partial charge < -0.3 is 4.98 Å². The van der Waals surface area contributed by atoms with E-state index in [1.807, 2.05) is 54.8 Å². The molecule has 2 aromatic heterocycles. The van der Waals surface area contributed by atoms with Gasteiger partial charge in [0.15, 0.2) is 5.82 Å². The van der Waals surface area contributed by atoms with Gasteiger partial charge in [-0.05, 0) is 68.7 Å². The van der Waals surface area contributed by atoms with Crippen molar-refractivity contribution in [1.29, 1.82) is 0 Å². The average molecular weight is 476 g/mol. The van der Waals surface area contributed by atoms with Crippen LogP contribution in [0, 0.1) is 13.8 Å². The van der Waals surface area contributed by atoms with Gasteiger partial charge in [-0.25, -0.2) is 14.8 Å². The molecule has 0 radical (unpaired) electrons. The molecule has 0 aliphatic heterocycles. The van der Waals surface area contributed by atoms with Gasteiger partial charge >= 0.3 is 5.69 Å². The first-order valence-electron chi connectivity index (χ1n) is 11.6. The highest BCUT2D eigenvalue weighted by atomic mass is 35.5. The Bertz CT molecular complexity index is 1440. The Morgan fingerprint density at radius 2 is 1.97 bits per heavy atom. The number of hydrogen-bond donors (Lipinski definition) is 1. The fraction of sp³-hybridized carbons (Fsp3) is 0.296. The zero-order valence-electron chi connectivity index (χ0n) is 20.1. The number of imidazole rings is 2. The molecule has 176 valence electrons. The molecule has 34 heavy (non-hydrogen) atoms. The van der Waals surface area contributed by atoms with Crippen molar-refractivity contribution < 1.29 is 0 Å². The van der Waals surface area contributed by atoms with Crippen LogP contribution in [0.3, 0.4) is 0 Å². The Hall–Kier alpha value is -3.38. The zero-order valence-corrected chi connectivity index (χ0v) is 20.9. The molecule has 0 amide bonds. The molecule has 0 atom stereocenters. The standard InChI is InChI=1S/C27H30ClN5O/c1-5-7-13-29-26-19(4)33(27(34)32(26)14-8-6-2)17-21-10-9-20(15-18(21)3)25-30-23-12-11-22(28)16-24(23)31-25/h5,7,9-13,15-16H,6,8,14,17H2,1-4H3,(H,30,31)/b7-5-,29-13-. The van der Waals surface area contributed by atoms with Crippen molar-refractivity contribution in [3.63, 3.8) is 0 Å². The third kappa shape index (κ3) is 4.77. The van der Waals surface area contributed by atoms with Gasteiger partial charge in [0.1, 0.15) is 5.82 Å². The van der Waals surface area contributed by atoms with Crippen molar-refractivity contribution in [3.05, 3.63) is 80.9 Å². The largest absolute Gasteiger partial charge is 0.338 e. The summed E-state index contributed by atoms with van der Waals surface area (Å²) in [4.78, 5) is 25.9. The molecule has 4 rings (SSSR count). The second-order valence-electron chi connectivity index (χ2n) is 8.48. The number of rotatable bonds is 8. The van der Waals surface area contributed by atoms with E-state index < -0.39 is 0 Å². The van der Waals surface area contributed by atoms with Crippen molar-refractivity contribution >= 4 is 34.7 Å². The first-order valence-corrected chi connectivity index (χ1v) is 12.0. The van der Waals surface area contributed by atoms with Crippen LogP contribution in [-0.4, -0.2) is 25.3 Å². The minimum absolute atomic E-state index is 0.0174. The predicted molar refractivity (Wildman–Crippen MR) is 142 cm³/mol. The van der Waals surface area contributed by atoms with E-state index in [0.717, 1.165) is 57.9 Å². The Morgan fingerprint density at radius 3 is 2.71 bits per heavy atom. The van der Waals surface area contributed by atoms with Gasteiger partial charge in [0.25, 0.3) is 0 Å². The van der Waals surface area contributed by atoms with Crippen LogP contribution in [0.2, 0.25) is 5.02 Å². The molecule has 0 fully saturated rings. The number of unbranched alkanes of at least 4 members (excludes halogenated alkanes) is 1. The summed E-state index contributed by atoms with van der Waals surface area (Å²) in [6, 6.07) is 11.8. The highest BCUT2D eigenvalue weighted by molar-refractivity contribution is 6.31. The molecule has 6 nitrogen and oxygen atoms in total. The number of aromatic amines is 1. The summed E-state index contributed by atoms with van der Waals surface area (Å²) in [6.45, 7) is 9.27. The normalized spacial score (nSPS) is 12.0. The summed E-state index contributed by atoms with van der Waals surface area (Å²) in [5.74, 6) is 1.53. The fourth-order valence-electron chi connectivity index (χ4n) is 4.07. The van der Waals surface area contributed by atoms with E-state index in [4.69, 9.17) is 16.6 Å². The predicted octanol–water partition coefficient (Wildman–Crippen LogP) is 6.59. The quantitative estimate of drug-likeness (QED) is 0.292. The molecule has 0 unspecified atom stereocenters. The van der Waals surface area contributed by atoms with Crippen molar-refractivity contribution in [3.8, 4) is 11.4 Å². The monoisotopic (exact) mass is 475 g/mol. The fourth-order valence-corrected chi connectivity index (χ4v) is 4.24. The molecule has 4 aromatic rings. The lowest BCUT2D eigenvalue weighted by atomic mass is 10.0. The maximum atomic E-state index is 13.3. The number of nitrogens with zero attached hydrogens (tertiary/aromatic N) is 4. The summed E-state index contributed by atoms with van der Waals surface area (Å²) in [6.07, 6.45) is 7.50. The van der Waals surface area contributed by atoms with E-state index in [1.54, 1.807) is 10.8 Å². The van der Waals surface area contributed by atoms with E-state index >= 15 is 0 Å². The van der Waals surface area contributed by atoms with E-state index in [1.165, 1.54) is 0 Å². The van der Waals surface area contributed by atoms with Crippen molar-refractivity contribution in [2.24, 2.45) is 4.99 Å². The van der Waals surface area contributed by atoms with Crippen LogP contribution in [0.1, 0.15) is 43.5 Å². The van der Waals surface area contributed by atoms with Crippen LogP contribution in [0.15, 0.2) is 58.3 Å². The van der Waals surface area contributed by atoms with Gasteiger partial charge in [-0.1, -0.05) is 43.2 Å². The second kappa shape index (κ2) is 10.3. The summed E-state index contributed by atoms with van der Waals surface area (Å²) in [5.41, 5.74) is 5.83. The molecule has 0 bridgehead atoms. The molecule has 2 aromatic carbocycles. The maximum absolute atomic E-state index is 13.3. The number of nitrogens with one attached hydrogen (secondary N) is 1. The Labute approximate surface area is 204 Å². The first-order chi connectivity index (χ1) is 16.4. The smallest absolute Gasteiger partial charge is 0.330 e. The Balaban J connectivity index is 1.67. The number of H-pyrrole nitrogens is 1. The van der Waals surface area contributed by atoms with Crippen LogP contribution in [0.5, 0.6) is 0 Å². The lowest BCUT2D eigenvalue weighted by Crippen LogP contribution is -2.25. The Morgan fingerprint density at radius 1 is 1.15 bits per heavy atom. The van der Waals surface area contributed by atoms with E-state index in [-0.39, 0.29) is 5.69 Å². The third-order valence-corrected chi connectivity index (χ3v) is 6.28. The van der Waals surface area contributed by atoms with Gasteiger partial charge in [0, 0.05) is 23.3 Å². The highest BCUT2D eigenvalue weighted by Gasteiger charge is 2.17. The lowest BCUT2D eigenvalue weighted by Gasteiger charge is -2.09. The number of allylic oxidation sites excluding steroid dienone is 2. The third-order valence-electron chi connectivity index (χ3n) is 6.04. The molecule has 0 saturated heterocycles. The van der Waals surface area contributed by atoms with Crippen molar-refractivity contribution in [1.82, 2.24) is 19.1 Å². The average Bonchev–Trinajstić information content (AvgIpc) is 3.33. The zero-order chi connectivity index (χ0) is 24.2. The molecule has 0 aliphatic carbocycles. The van der Waals surface area contributed by atoms with Crippen LogP contribution in [0.4, 0.5) is 5.82 Å². The molecule has 2 heterocycles. The number of aliphatic imine (C=N–C) groups is 1. The first kappa shape index (κ1) is 23.8. The molecular formula is C27H30ClN5O. The van der Waals surface area contributed by atoms with Gasteiger partial charge in [0.05, 0.1) is 23.3 Å². The minimum atomic E-state index is -0.0174. The molecular weight excluding hydrogens is 446 g/mol. The molecule has 0 saturated carbocycles. The SMILES string of the molecule is C/C=C\C=N/c1c(C)n(Cc2ccc(-c3nc4ccc(Cl)cc4[nH]3)cc2C)c(=O)n1CCCC. The van der Waals surface area contributed by atoms with Crippen LogP contribution >= 0.6 is 11.6 Å². The number of benzene rings is 2. The van der Waals surface area contributed by atoms with Crippen LogP contribution in [0.25, 0.3) is 22.4 Å². The summed E-state index contributed by atoms with van der Waals surface area (Å²) in [5, 5.41) is 0.676. The summed E-state index contributed by atoms with van der Waals surface area (Å²) >= 11 is 6.11. The minimum Gasteiger partial charge on any atom is -0.338 e. The van der Waals surface area contributed by atoms with Gasteiger partial charge in [-0.2, -0.15) is 0 Å². The van der Waals surface area contributed by atoms with Crippen LogP contribution in [-0.2, 0) is 13.1 Å². The number of aryl methyl sites for hydroxylation is 1. The van der Waals surface area contributed by atoms with E-state index in [9.17, 15) is 4.79 Å². The lowest BCUT2D eigenvalue weighted by molar-refractivity contribution is 0.595.